The standard InChI is InChI=1S/C28H41N3O5/c1-17-18(2)26-20(15-28(3,4)36-26)21(25(17)34)16-30-11-7-5-6-8-12-31-27(35)22(29)13-19-9-10-23(32)24(33)14-19/h9-10,14,22,30,32-34H,5-8,11-13,15-16,29H2,1-4H3,(H,31,35)/t22-/m0/s1. The summed E-state index contributed by atoms with van der Waals surface area (Å²) in [7, 11) is 0. The number of rotatable bonds is 12. The van der Waals surface area contributed by atoms with E-state index in [0.29, 0.717) is 24.4 Å². The lowest BCUT2D eigenvalue weighted by molar-refractivity contribution is -0.122. The third-order valence-electron chi connectivity index (χ3n) is 6.88. The Labute approximate surface area is 213 Å². The van der Waals surface area contributed by atoms with E-state index < -0.39 is 6.04 Å². The molecule has 0 saturated carbocycles. The SMILES string of the molecule is Cc1c(C)c2c(c(CNCCCCCCNC(=O)[C@@H](N)Cc3ccc(O)c(O)c3)c1O)CC(C)(C)O2. The monoisotopic (exact) mass is 499 g/mol. The lowest BCUT2D eigenvalue weighted by atomic mass is 9.92. The second-order valence-electron chi connectivity index (χ2n) is 10.4. The predicted octanol–water partition coefficient (Wildman–Crippen LogP) is 3.47. The molecule has 36 heavy (non-hydrogen) atoms. The molecular formula is C28H41N3O5. The summed E-state index contributed by atoms with van der Waals surface area (Å²) >= 11 is 0. The molecule has 2 aromatic rings. The Kier molecular flexibility index (Phi) is 9.08. The van der Waals surface area contributed by atoms with Gasteiger partial charge in [-0.2, -0.15) is 0 Å². The highest BCUT2D eigenvalue weighted by atomic mass is 16.5. The summed E-state index contributed by atoms with van der Waals surface area (Å²) in [6.07, 6.45) is 4.99. The maximum Gasteiger partial charge on any atom is 0.237 e. The molecule has 198 valence electrons. The lowest BCUT2D eigenvalue weighted by Crippen LogP contribution is -2.42. The van der Waals surface area contributed by atoms with Gasteiger partial charge in [0.25, 0.3) is 0 Å². The zero-order chi connectivity index (χ0) is 26.5. The summed E-state index contributed by atoms with van der Waals surface area (Å²) in [5.74, 6) is 0.656. The number of ether oxygens (including phenoxy) is 1. The minimum absolute atomic E-state index is 0.197. The number of phenols is 3. The van der Waals surface area contributed by atoms with Gasteiger partial charge in [-0.1, -0.05) is 18.9 Å². The van der Waals surface area contributed by atoms with Gasteiger partial charge in [0.1, 0.15) is 17.1 Å². The molecule has 8 heteroatoms. The van der Waals surface area contributed by atoms with Crippen LogP contribution in [0.1, 0.15) is 67.3 Å². The number of benzene rings is 2. The van der Waals surface area contributed by atoms with Gasteiger partial charge in [0.15, 0.2) is 11.5 Å². The number of phenolic OH excluding ortho intramolecular Hbond substituents is 3. The first-order chi connectivity index (χ1) is 17.0. The Morgan fingerprint density at radius 2 is 1.75 bits per heavy atom. The average molecular weight is 500 g/mol. The quantitative estimate of drug-likeness (QED) is 0.194. The molecule has 0 aromatic heterocycles. The molecule has 3 rings (SSSR count). The minimum atomic E-state index is -0.711. The van der Waals surface area contributed by atoms with Crippen LogP contribution in [0.2, 0.25) is 0 Å². The molecule has 1 atom stereocenters. The molecule has 1 heterocycles. The van der Waals surface area contributed by atoms with Crippen molar-refractivity contribution in [3.05, 3.63) is 46.0 Å². The van der Waals surface area contributed by atoms with E-state index in [1.54, 1.807) is 6.07 Å². The summed E-state index contributed by atoms with van der Waals surface area (Å²) in [5, 5.41) is 36.0. The van der Waals surface area contributed by atoms with Crippen LogP contribution in [0.5, 0.6) is 23.0 Å². The highest BCUT2D eigenvalue weighted by Gasteiger charge is 2.35. The maximum absolute atomic E-state index is 12.2. The Morgan fingerprint density at radius 3 is 2.44 bits per heavy atom. The molecule has 0 bridgehead atoms. The van der Waals surface area contributed by atoms with E-state index in [1.165, 1.54) is 12.1 Å². The van der Waals surface area contributed by atoms with Crippen molar-refractivity contribution in [2.75, 3.05) is 13.1 Å². The normalized spacial score (nSPS) is 14.8. The fraction of sp³-hybridized carbons (Fsp3) is 0.536. The maximum atomic E-state index is 12.2. The van der Waals surface area contributed by atoms with E-state index in [4.69, 9.17) is 10.5 Å². The van der Waals surface area contributed by atoms with Gasteiger partial charge >= 0.3 is 0 Å². The number of fused-ring (bicyclic) bond motifs is 1. The van der Waals surface area contributed by atoms with E-state index in [9.17, 15) is 20.1 Å². The summed E-state index contributed by atoms with van der Waals surface area (Å²) in [5.41, 5.74) is 10.4. The van der Waals surface area contributed by atoms with Crippen molar-refractivity contribution in [2.45, 2.75) is 84.4 Å². The Bertz CT molecular complexity index is 1080. The van der Waals surface area contributed by atoms with Crippen molar-refractivity contribution in [1.29, 1.82) is 0 Å². The zero-order valence-electron chi connectivity index (χ0n) is 21.9. The number of nitrogens with one attached hydrogen (secondary N) is 2. The molecule has 0 unspecified atom stereocenters. The van der Waals surface area contributed by atoms with Gasteiger partial charge in [0.2, 0.25) is 5.91 Å². The van der Waals surface area contributed by atoms with Gasteiger partial charge in [0, 0.05) is 30.6 Å². The van der Waals surface area contributed by atoms with Crippen molar-refractivity contribution in [3.8, 4) is 23.0 Å². The Morgan fingerprint density at radius 1 is 1.06 bits per heavy atom. The molecule has 8 nitrogen and oxygen atoms in total. The van der Waals surface area contributed by atoms with Crippen LogP contribution in [0.25, 0.3) is 0 Å². The van der Waals surface area contributed by atoms with Crippen molar-refractivity contribution >= 4 is 5.91 Å². The first kappa shape index (κ1) is 27.6. The number of nitrogens with two attached hydrogens (primary N) is 1. The van der Waals surface area contributed by atoms with Crippen LogP contribution in [0, 0.1) is 13.8 Å². The molecule has 1 amide bonds. The average Bonchev–Trinajstić information content (AvgIpc) is 3.15. The van der Waals surface area contributed by atoms with Crippen LogP contribution in [-0.4, -0.2) is 46.0 Å². The molecule has 1 aliphatic heterocycles. The number of hydrogen-bond acceptors (Lipinski definition) is 7. The smallest absolute Gasteiger partial charge is 0.237 e. The molecule has 0 spiro atoms. The van der Waals surface area contributed by atoms with E-state index >= 15 is 0 Å². The van der Waals surface area contributed by atoms with Crippen LogP contribution in [0.15, 0.2) is 18.2 Å². The van der Waals surface area contributed by atoms with Crippen LogP contribution < -0.4 is 21.1 Å². The molecular weight excluding hydrogens is 458 g/mol. The van der Waals surface area contributed by atoms with E-state index in [1.807, 2.05) is 13.8 Å². The van der Waals surface area contributed by atoms with Crippen LogP contribution in [0.3, 0.4) is 0 Å². The fourth-order valence-corrected chi connectivity index (χ4v) is 4.66. The fourth-order valence-electron chi connectivity index (χ4n) is 4.66. The number of carbonyl (C=O) groups is 1. The van der Waals surface area contributed by atoms with E-state index in [-0.39, 0.29) is 29.4 Å². The zero-order valence-corrected chi connectivity index (χ0v) is 21.9. The van der Waals surface area contributed by atoms with Gasteiger partial charge in [-0.25, -0.2) is 0 Å². The summed E-state index contributed by atoms with van der Waals surface area (Å²) in [6, 6.07) is 3.73. The third-order valence-corrected chi connectivity index (χ3v) is 6.88. The number of unbranched alkanes of at least 4 members (excludes halogenated alkanes) is 3. The largest absolute Gasteiger partial charge is 0.507 e. The first-order valence-electron chi connectivity index (χ1n) is 12.8. The number of hydrogen-bond donors (Lipinski definition) is 6. The topological polar surface area (TPSA) is 137 Å². The number of aromatic hydroxyl groups is 3. The summed E-state index contributed by atoms with van der Waals surface area (Å²) in [6.45, 7) is 10.1. The van der Waals surface area contributed by atoms with E-state index in [2.05, 4.69) is 24.5 Å². The Balaban J connectivity index is 1.32. The molecule has 2 aromatic carbocycles. The van der Waals surface area contributed by atoms with Gasteiger partial charge in [-0.05, 0) is 82.3 Å². The molecule has 0 fully saturated rings. The van der Waals surface area contributed by atoms with Crippen molar-refractivity contribution in [1.82, 2.24) is 10.6 Å². The van der Waals surface area contributed by atoms with Crippen molar-refractivity contribution < 1.29 is 24.9 Å². The molecule has 7 N–H and O–H groups in total. The predicted molar refractivity (Wildman–Crippen MR) is 141 cm³/mol. The Hall–Kier alpha value is -2.97. The highest BCUT2D eigenvalue weighted by molar-refractivity contribution is 5.81. The third kappa shape index (κ3) is 6.83. The number of amides is 1. The molecule has 0 aliphatic carbocycles. The molecule has 1 aliphatic rings. The highest BCUT2D eigenvalue weighted by Crippen LogP contribution is 2.45. The molecule has 0 saturated heterocycles. The van der Waals surface area contributed by atoms with E-state index in [0.717, 1.165) is 66.7 Å². The second kappa shape index (κ2) is 11.8. The van der Waals surface area contributed by atoms with Crippen molar-refractivity contribution in [2.24, 2.45) is 5.73 Å². The summed E-state index contributed by atoms with van der Waals surface area (Å²) in [4.78, 5) is 12.2. The van der Waals surface area contributed by atoms with Gasteiger partial charge in [0.05, 0.1) is 6.04 Å². The van der Waals surface area contributed by atoms with Gasteiger partial charge < -0.3 is 36.4 Å². The molecule has 0 radical (unpaired) electrons. The van der Waals surface area contributed by atoms with Crippen LogP contribution >= 0.6 is 0 Å². The first-order valence-corrected chi connectivity index (χ1v) is 12.8. The van der Waals surface area contributed by atoms with Gasteiger partial charge in [-0.15, -0.1) is 0 Å². The second-order valence-corrected chi connectivity index (χ2v) is 10.4. The minimum Gasteiger partial charge on any atom is -0.507 e. The van der Waals surface area contributed by atoms with Gasteiger partial charge in [-0.3, -0.25) is 4.79 Å². The van der Waals surface area contributed by atoms with Crippen LogP contribution in [0.4, 0.5) is 0 Å². The number of carbonyl (C=O) groups excluding carboxylic acids is 1. The van der Waals surface area contributed by atoms with Crippen LogP contribution in [-0.2, 0) is 24.2 Å². The van der Waals surface area contributed by atoms with Crippen molar-refractivity contribution in [3.63, 3.8) is 0 Å². The lowest BCUT2D eigenvalue weighted by Gasteiger charge is -2.18. The summed E-state index contributed by atoms with van der Waals surface area (Å²) < 4.78 is 6.16.